The Bertz CT molecular complexity index is 3830. The standard InChI is InChI=1S/C58H39N3S2/c1-2-13-36(14-3-1)37-25-27-38(28-26-37)47-20-12-21-48(41-29-31-54-46(34-41)43-18-7-10-23-52(43)62-54)60-58(59-47)57-50(30-32-55-56(57)44-19-8-11-24-53(44)63-55)61-49-22-9-6-17-42(49)45-33-39-15-4-5-16-40(39)35-51(45)61/h1-11,13-19,22-35,48H,12,20-21H2. The largest absolute Gasteiger partial charge is 0.308 e. The Kier molecular flexibility index (Phi) is 8.53. The minimum atomic E-state index is -0.0797. The first kappa shape index (κ1) is 36.5. The molecule has 298 valence electrons. The summed E-state index contributed by atoms with van der Waals surface area (Å²) in [6, 6.07) is 71.2. The summed E-state index contributed by atoms with van der Waals surface area (Å²) in [7, 11) is 0. The van der Waals surface area contributed by atoms with Crippen LogP contribution in [0.3, 0.4) is 0 Å². The van der Waals surface area contributed by atoms with Crippen molar-refractivity contribution in [3.63, 3.8) is 0 Å². The Hall–Kier alpha value is -7.18. The summed E-state index contributed by atoms with van der Waals surface area (Å²) in [5.74, 6) is 0.785. The molecule has 1 aliphatic rings. The number of aliphatic imine (C=N–C) groups is 2. The van der Waals surface area contributed by atoms with Gasteiger partial charge in [-0.05, 0) is 107 Å². The molecule has 3 nitrogen and oxygen atoms in total. The normalized spacial score (nSPS) is 14.8. The molecule has 4 heterocycles. The minimum Gasteiger partial charge on any atom is -0.308 e. The molecule has 1 aliphatic heterocycles. The molecule has 1 atom stereocenters. The van der Waals surface area contributed by atoms with E-state index in [1.807, 2.05) is 22.7 Å². The third-order valence-corrected chi connectivity index (χ3v) is 15.3. The molecule has 0 fully saturated rings. The molecule has 0 spiro atoms. The number of para-hydroxylation sites is 1. The van der Waals surface area contributed by atoms with Crippen LogP contribution in [-0.2, 0) is 0 Å². The molecule has 0 saturated heterocycles. The van der Waals surface area contributed by atoms with Crippen LogP contribution in [0.15, 0.2) is 204 Å². The van der Waals surface area contributed by atoms with Gasteiger partial charge in [-0.1, -0.05) is 140 Å². The molecule has 12 aromatic rings. The van der Waals surface area contributed by atoms with Gasteiger partial charge in [0.15, 0.2) is 5.84 Å². The van der Waals surface area contributed by atoms with Gasteiger partial charge >= 0.3 is 0 Å². The van der Waals surface area contributed by atoms with E-state index in [0.717, 1.165) is 47.6 Å². The summed E-state index contributed by atoms with van der Waals surface area (Å²) in [5, 5.41) is 9.98. The molecule has 63 heavy (non-hydrogen) atoms. The van der Waals surface area contributed by atoms with Crippen molar-refractivity contribution < 1.29 is 0 Å². The fourth-order valence-corrected chi connectivity index (χ4v) is 12.2. The van der Waals surface area contributed by atoms with Crippen LogP contribution in [0.25, 0.3) is 89.7 Å². The van der Waals surface area contributed by atoms with Gasteiger partial charge in [0.1, 0.15) is 0 Å². The lowest BCUT2D eigenvalue weighted by atomic mass is 9.94. The molecule has 9 aromatic carbocycles. The lowest BCUT2D eigenvalue weighted by Crippen LogP contribution is -2.15. The van der Waals surface area contributed by atoms with E-state index in [-0.39, 0.29) is 6.04 Å². The molecular formula is C58H39N3S2. The van der Waals surface area contributed by atoms with Gasteiger partial charge in [0.05, 0.1) is 34.0 Å². The van der Waals surface area contributed by atoms with E-state index in [9.17, 15) is 0 Å². The van der Waals surface area contributed by atoms with Crippen molar-refractivity contribution in [2.75, 3.05) is 0 Å². The summed E-state index contributed by atoms with van der Waals surface area (Å²) >= 11 is 3.72. The molecule has 0 aliphatic carbocycles. The van der Waals surface area contributed by atoms with E-state index in [4.69, 9.17) is 9.98 Å². The summed E-state index contributed by atoms with van der Waals surface area (Å²) in [6.45, 7) is 0. The Morgan fingerprint density at radius 1 is 0.460 bits per heavy atom. The lowest BCUT2D eigenvalue weighted by Gasteiger charge is -2.22. The Labute approximate surface area is 372 Å². The van der Waals surface area contributed by atoms with Crippen LogP contribution in [0, 0.1) is 0 Å². The van der Waals surface area contributed by atoms with Gasteiger partial charge in [-0.25, -0.2) is 4.99 Å². The van der Waals surface area contributed by atoms with Crippen LogP contribution in [0.5, 0.6) is 0 Å². The number of aromatic nitrogens is 1. The number of hydrogen-bond acceptors (Lipinski definition) is 4. The molecule has 1 unspecified atom stereocenters. The van der Waals surface area contributed by atoms with Crippen LogP contribution in [0.2, 0.25) is 0 Å². The molecule has 0 N–H and O–H groups in total. The first-order valence-electron chi connectivity index (χ1n) is 21.8. The van der Waals surface area contributed by atoms with Crippen LogP contribution in [0.1, 0.15) is 42.0 Å². The van der Waals surface area contributed by atoms with Crippen molar-refractivity contribution >= 4 is 107 Å². The van der Waals surface area contributed by atoms with Gasteiger partial charge in [-0.3, -0.25) is 4.99 Å². The highest BCUT2D eigenvalue weighted by molar-refractivity contribution is 7.26. The van der Waals surface area contributed by atoms with Crippen molar-refractivity contribution in [1.82, 2.24) is 4.57 Å². The number of hydrogen-bond donors (Lipinski definition) is 0. The smallest absolute Gasteiger partial charge is 0.158 e. The average Bonchev–Trinajstić information content (AvgIpc) is 4.00. The molecule has 5 heteroatoms. The summed E-state index contributed by atoms with van der Waals surface area (Å²) in [4.78, 5) is 11.8. The number of benzene rings is 9. The number of amidine groups is 1. The Morgan fingerprint density at radius 3 is 1.94 bits per heavy atom. The number of thiophene rings is 2. The zero-order valence-electron chi connectivity index (χ0n) is 34.3. The maximum Gasteiger partial charge on any atom is 0.158 e. The van der Waals surface area contributed by atoms with Crippen molar-refractivity contribution in [3.8, 4) is 16.8 Å². The van der Waals surface area contributed by atoms with Crippen molar-refractivity contribution in [2.24, 2.45) is 9.98 Å². The first-order chi connectivity index (χ1) is 31.2. The zero-order chi connectivity index (χ0) is 41.4. The monoisotopic (exact) mass is 841 g/mol. The van der Waals surface area contributed by atoms with E-state index in [2.05, 4.69) is 199 Å². The minimum absolute atomic E-state index is 0.0797. The molecule has 3 aromatic heterocycles. The van der Waals surface area contributed by atoms with Crippen LogP contribution >= 0.6 is 22.7 Å². The average molecular weight is 842 g/mol. The van der Waals surface area contributed by atoms with Crippen molar-refractivity contribution in [1.29, 1.82) is 0 Å². The van der Waals surface area contributed by atoms with E-state index in [0.29, 0.717) is 0 Å². The SMILES string of the molecule is c1ccc(-c2ccc(C3=NC(c4c(-n5c6ccccc6c6cc7ccccc7cc65)ccc5sc6ccccc6c45)=NC(c4ccc5sc6ccccc6c5c4)CCC3)cc2)cc1. The van der Waals surface area contributed by atoms with Gasteiger partial charge in [0.25, 0.3) is 0 Å². The third-order valence-electron chi connectivity index (χ3n) is 13.0. The van der Waals surface area contributed by atoms with Gasteiger partial charge in [0, 0.05) is 51.1 Å². The highest BCUT2D eigenvalue weighted by Crippen LogP contribution is 2.44. The van der Waals surface area contributed by atoms with E-state index >= 15 is 0 Å². The Balaban J connectivity index is 1.11. The molecule has 0 radical (unpaired) electrons. The van der Waals surface area contributed by atoms with Crippen LogP contribution in [0.4, 0.5) is 0 Å². The van der Waals surface area contributed by atoms with Crippen molar-refractivity contribution in [2.45, 2.75) is 25.3 Å². The van der Waals surface area contributed by atoms with Gasteiger partial charge in [0.2, 0.25) is 0 Å². The zero-order valence-corrected chi connectivity index (χ0v) is 36.0. The number of fused-ring (bicyclic) bond motifs is 10. The maximum absolute atomic E-state index is 5.93. The highest BCUT2D eigenvalue weighted by atomic mass is 32.1. The lowest BCUT2D eigenvalue weighted by molar-refractivity contribution is 0.622. The second-order valence-corrected chi connectivity index (χ2v) is 18.9. The van der Waals surface area contributed by atoms with E-state index in [1.54, 1.807) is 0 Å². The summed E-state index contributed by atoms with van der Waals surface area (Å²) in [6.07, 6.45) is 2.73. The van der Waals surface area contributed by atoms with Crippen LogP contribution in [-0.4, -0.2) is 16.1 Å². The van der Waals surface area contributed by atoms with Gasteiger partial charge in [-0.15, -0.1) is 22.7 Å². The Morgan fingerprint density at radius 2 is 1.10 bits per heavy atom. The van der Waals surface area contributed by atoms with Gasteiger partial charge < -0.3 is 4.57 Å². The summed E-state index contributed by atoms with van der Waals surface area (Å²) < 4.78 is 7.61. The first-order valence-corrected chi connectivity index (χ1v) is 23.4. The predicted octanol–water partition coefficient (Wildman–Crippen LogP) is 16.5. The molecule has 0 saturated carbocycles. The fourth-order valence-electron chi connectivity index (χ4n) is 10.0. The van der Waals surface area contributed by atoms with Crippen molar-refractivity contribution in [3.05, 3.63) is 211 Å². The predicted molar refractivity (Wildman–Crippen MR) is 272 cm³/mol. The highest BCUT2D eigenvalue weighted by Gasteiger charge is 2.26. The molecule has 0 amide bonds. The third kappa shape index (κ3) is 6.06. The topological polar surface area (TPSA) is 29.6 Å². The molecular weight excluding hydrogens is 803 g/mol. The molecule has 0 bridgehead atoms. The maximum atomic E-state index is 5.93. The second-order valence-electron chi connectivity index (χ2n) is 16.7. The quantitative estimate of drug-likeness (QED) is 0.165. The fraction of sp³-hybridized carbons (Fsp3) is 0.0690. The molecule has 13 rings (SSSR count). The van der Waals surface area contributed by atoms with E-state index in [1.165, 1.54) is 89.6 Å². The number of rotatable bonds is 5. The van der Waals surface area contributed by atoms with Crippen LogP contribution < -0.4 is 0 Å². The van der Waals surface area contributed by atoms with Gasteiger partial charge in [-0.2, -0.15) is 0 Å². The second kappa shape index (κ2) is 14.7. The van der Waals surface area contributed by atoms with E-state index < -0.39 is 0 Å². The summed E-state index contributed by atoms with van der Waals surface area (Å²) in [5.41, 5.74) is 10.4. The number of nitrogens with zero attached hydrogens (tertiary/aromatic N) is 3.